The lowest BCUT2D eigenvalue weighted by atomic mass is 9.87. The molecule has 0 amide bonds. The Kier molecular flexibility index (Phi) is 4.05. The zero-order chi connectivity index (χ0) is 11.5. The molecular weight excluding hydrogens is 190 g/mol. The van der Waals surface area contributed by atoms with Crippen molar-refractivity contribution in [3.05, 3.63) is 12.2 Å². The number of Topliss-reactive ketones (excluding diaryl/α,β-unsaturated/α-hetero) is 1. The Morgan fingerprint density at radius 3 is 2.40 bits per heavy atom. The van der Waals surface area contributed by atoms with Gasteiger partial charge in [-0.3, -0.25) is 9.69 Å². The summed E-state index contributed by atoms with van der Waals surface area (Å²) in [5.41, 5.74) is 0.251. The maximum atomic E-state index is 12.1. The van der Waals surface area contributed by atoms with Crippen LogP contribution in [0.4, 0.5) is 0 Å². The molecule has 0 saturated carbocycles. The molecule has 3 nitrogen and oxygen atoms in total. The van der Waals surface area contributed by atoms with Crippen molar-refractivity contribution in [1.82, 2.24) is 4.90 Å². The van der Waals surface area contributed by atoms with E-state index >= 15 is 0 Å². The van der Waals surface area contributed by atoms with Gasteiger partial charge < -0.3 is 4.74 Å². The van der Waals surface area contributed by atoms with E-state index in [1.165, 1.54) is 0 Å². The van der Waals surface area contributed by atoms with Gasteiger partial charge in [0.15, 0.2) is 5.78 Å². The second-order valence-electron chi connectivity index (χ2n) is 4.34. The monoisotopic (exact) mass is 211 g/mol. The lowest BCUT2D eigenvalue weighted by Gasteiger charge is -2.41. The molecule has 86 valence electrons. The van der Waals surface area contributed by atoms with Crippen molar-refractivity contribution in [1.29, 1.82) is 0 Å². The number of rotatable bonds is 4. The van der Waals surface area contributed by atoms with Crippen molar-refractivity contribution in [3.8, 4) is 0 Å². The van der Waals surface area contributed by atoms with Crippen molar-refractivity contribution in [2.24, 2.45) is 0 Å². The molecule has 0 radical (unpaired) electrons. The predicted molar refractivity (Wildman–Crippen MR) is 60.9 cm³/mol. The predicted octanol–water partition coefficient (Wildman–Crippen LogP) is 1.63. The third-order valence-corrected chi connectivity index (χ3v) is 3.27. The van der Waals surface area contributed by atoms with E-state index in [-0.39, 0.29) is 5.78 Å². The first-order chi connectivity index (χ1) is 7.02. The fourth-order valence-corrected chi connectivity index (χ4v) is 2.04. The average molecular weight is 211 g/mol. The second-order valence-corrected chi connectivity index (χ2v) is 4.34. The quantitative estimate of drug-likeness (QED) is 0.662. The van der Waals surface area contributed by atoms with E-state index in [4.69, 9.17) is 4.74 Å². The van der Waals surface area contributed by atoms with Crippen LogP contribution in [0.15, 0.2) is 12.2 Å². The molecule has 0 aliphatic carbocycles. The van der Waals surface area contributed by atoms with Crippen LogP contribution in [-0.2, 0) is 9.53 Å². The van der Waals surface area contributed by atoms with Gasteiger partial charge in [0, 0.05) is 13.1 Å². The second kappa shape index (κ2) is 4.90. The summed E-state index contributed by atoms with van der Waals surface area (Å²) in [4.78, 5) is 14.3. The highest BCUT2D eigenvalue weighted by atomic mass is 16.5. The van der Waals surface area contributed by atoms with E-state index in [0.717, 1.165) is 32.7 Å². The fourth-order valence-electron chi connectivity index (χ4n) is 2.04. The van der Waals surface area contributed by atoms with Gasteiger partial charge in [0.05, 0.1) is 18.8 Å². The molecule has 3 heteroatoms. The van der Waals surface area contributed by atoms with E-state index in [1.54, 1.807) is 6.92 Å². The van der Waals surface area contributed by atoms with E-state index in [0.29, 0.717) is 5.57 Å². The molecule has 0 N–H and O–H groups in total. The number of ketones is 1. The lowest BCUT2D eigenvalue weighted by molar-refractivity contribution is -0.129. The molecule has 1 rings (SSSR count). The van der Waals surface area contributed by atoms with Crippen molar-refractivity contribution >= 4 is 5.78 Å². The van der Waals surface area contributed by atoms with E-state index in [1.807, 2.05) is 6.92 Å². The zero-order valence-corrected chi connectivity index (χ0v) is 10.0. The minimum atomic E-state index is -0.393. The molecular formula is C12H21NO2. The maximum absolute atomic E-state index is 12.1. The van der Waals surface area contributed by atoms with Crippen LogP contribution < -0.4 is 0 Å². The Bertz CT molecular complexity index is 256. The van der Waals surface area contributed by atoms with Gasteiger partial charge in [0.25, 0.3) is 0 Å². The van der Waals surface area contributed by atoms with Crippen LogP contribution in [0.1, 0.15) is 27.2 Å². The zero-order valence-electron chi connectivity index (χ0n) is 10.0. The molecule has 0 aromatic rings. The Balaban J connectivity index is 2.82. The highest BCUT2D eigenvalue weighted by Crippen LogP contribution is 2.24. The summed E-state index contributed by atoms with van der Waals surface area (Å²) in [5, 5.41) is 0. The summed E-state index contributed by atoms with van der Waals surface area (Å²) in [5.74, 6) is 0.159. The van der Waals surface area contributed by atoms with Crippen molar-refractivity contribution in [2.45, 2.75) is 32.7 Å². The van der Waals surface area contributed by atoms with Gasteiger partial charge in [-0.2, -0.15) is 0 Å². The smallest absolute Gasteiger partial charge is 0.177 e. The Morgan fingerprint density at radius 2 is 2.00 bits per heavy atom. The molecule has 1 aliphatic rings. The molecule has 0 spiro atoms. The average Bonchev–Trinajstić information content (AvgIpc) is 2.28. The first-order valence-corrected chi connectivity index (χ1v) is 5.55. The molecule has 15 heavy (non-hydrogen) atoms. The van der Waals surface area contributed by atoms with Crippen LogP contribution in [0.3, 0.4) is 0 Å². The minimum Gasteiger partial charge on any atom is -0.379 e. The molecule has 0 bridgehead atoms. The lowest BCUT2D eigenvalue weighted by Crippen LogP contribution is -2.56. The van der Waals surface area contributed by atoms with Gasteiger partial charge in [0.2, 0.25) is 0 Å². The number of hydrogen-bond donors (Lipinski definition) is 0. The van der Waals surface area contributed by atoms with Gasteiger partial charge >= 0.3 is 0 Å². The number of carbonyl (C=O) groups excluding carboxylic acids is 1. The summed E-state index contributed by atoms with van der Waals surface area (Å²) in [6.07, 6.45) is 0.818. The number of nitrogens with zero attached hydrogens (tertiary/aromatic N) is 1. The van der Waals surface area contributed by atoms with Crippen molar-refractivity contribution < 1.29 is 9.53 Å². The Hall–Kier alpha value is -0.670. The van der Waals surface area contributed by atoms with Gasteiger partial charge in [0.1, 0.15) is 0 Å². The number of morpholine rings is 1. The first-order valence-electron chi connectivity index (χ1n) is 5.55. The van der Waals surface area contributed by atoms with Gasteiger partial charge in [-0.15, -0.1) is 0 Å². The third-order valence-electron chi connectivity index (χ3n) is 3.27. The van der Waals surface area contributed by atoms with E-state index in [2.05, 4.69) is 18.4 Å². The van der Waals surface area contributed by atoms with Crippen LogP contribution in [0.5, 0.6) is 0 Å². The highest BCUT2D eigenvalue weighted by molar-refractivity contribution is 6.01. The summed E-state index contributed by atoms with van der Waals surface area (Å²) >= 11 is 0. The van der Waals surface area contributed by atoms with Gasteiger partial charge in [-0.25, -0.2) is 0 Å². The van der Waals surface area contributed by atoms with Crippen LogP contribution in [0.2, 0.25) is 0 Å². The molecule has 1 heterocycles. The standard InChI is InChI=1S/C12H21NO2/c1-5-12(4,11(14)10(2)3)13-6-8-15-9-7-13/h2,5-9H2,1,3-4H3. The van der Waals surface area contributed by atoms with Crippen LogP contribution in [-0.4, -0.2) is 42.5 Å². The molecule has 1 atom stereocenters. The van der Waals surface area contributed by atoms with Crippen molar-refractivity contribution in [3.63, 3.8) is 0 Å². The normalized spacial score (nSPS) is 22.1. The van der Waals surface area contributed by atoms with Crippen LogP contribution >= 0.6 is 0 Å². The maximum Gasteiger partial charge on any atom is 0.177 e. The number of hydrogen-bond acceptors (Lipinski definition) is 3. The number of carbonyl (C=O) groups is 1. The summed E-state index contributed by atoms with van der Waals surface area (Å²) < 4.78 is 5.30. The fraction of sp³-hybridized carbons (Fsp3) is 0.750. The molecule has 1 fully saturated rings. The van der Waals surface area contributed by atoms with Gasteiger partial charge in [-0.05, 0) is 25.8 Å². The Labute approximate surface area is 92.1 Å². The van der Waals surface area contributed by atoms with Crippen LogP contribution in [0, 0.1) is 0 Å². The third kappa shape index (κ3) is 2.47. The summed E-state index contributed by atoms with van der Waals surface area (Å²) in [6, 6.07) is 0. The first kappa shape index (κ1) is 12.4. The molecule has 0 aromatic heterocycles. The SMILES string of the molecule is C=C(C)C(=O)C(C)(CC)N1CCOCC1. The van der Waals surface area contributed by atoms with Crippen LogP contribution in [0.25, 0.3) is 0 Å². The molecule has 1 aliphatic heterocycles. The molecule has 1 saturated heterocycles. The van der Waals surface area contributed by atoms with Gasteiger partial charge in [-0.1, -0.05) is 13.5 Å². The molecule has 1 unspecified atom stereocenters. The largest absolute Gasteiger partial charge is 0.379 e. The highest BCUT2D eigenvalue weighted by Gasteiger charge is 2.38. The van der Waals surface area contributed by atoms with E-state index in [9.17, 15) is 4.79 Å². The summed E-state index contributed by atoms with van der Waals surface area (Å²) in [7, 11) is 0. The molecule has 0 aromatic carbocycles. The Morgan fingerprint density at radius 1 is 1.47 bits per heavy atom. The minimum absolute atomic E-state index is 0.159. The number of ether oxygens (including phenoxy) is 1. The topological polar surface area (TPSA) is 29.5 Å². The van der Waals surface area contributed by atoms with Crippen molar-refractivity contribution in [2.75, 3.05) is 26.3 Å². The van der Waals surface area contributed by atoms with E-state index < -0.39 is 5.54 Å². The summed E-state index contributed by atoms with van der Waals surface area (Å²) in [6.45, 7) is 12.7.